The predicted octanol–water partition coefficient (Wildman–Crippen LogP) is 3.11. The Kier molecular flexibility index (Phi) is 4.61. The van der Waals surface area contributed by atoms with Crippen LogP contribution in [-0.2, 0) is 4.74 Å². The lowest BCUT2D eigenvalue weighted by Crippen LogP contribution is -2.37. The first-order valence-corrected chi connectivity index (χ1v) is 8.49. The molecule has 26 heavy (non-hydrogen) atoms. The number of morpholine rings is 1. The van der Waals surface area contributed by atoms with Gasteiger partial charge < -0.3 is 20.3 Å². The van der Waals surface area contributed by atoms with Crippen LogP contribution in [-0.4, -0.2) is 42.3 Å². The van der Waals surface area contributed by atoms with Crippen LogP contribution in [0.3, 0.4) is 0 Å². The van der Waals surface area contributed by atoms with Gasteiger partial charge in [-0.1, -0.05) is 30.3 Å². The van der Waals surface area contributed by atoms with Gasteiger partial charge >= 0.3 is 6.03 Å². The topological polar surface area (TPSA) is 79.4 Å². The molecular formula is C19H19N5O2. The number of hydrogen-bond donors (Lipinski definition) is 2. The van der Waals surface area contributed by atoms with Crippen LogP contribution in [0, 0.1) is 0 Å². The van der Waals surface area contributed by atoms with Crippen molar-refractivity contribution >= 4 is 34.1 Å². The number of aromatic nitrogens is 2. The van der Waals surface area contributed by atoms with E-state index in [2.05, 4.69) is 25.5 Å². The lowest BCUT2D eigenvalue weighted by molar-refractivity contribution is 0.122. The van der Waals surface area contributed by atoms with Gasteiger partial charge in [0.1, 0.15) is 0 Å². The lowest BCUT2D eigenvalue weighted by atomic mass is 10.1. The first-order valence-electron chi connectivity index (χ1n) is 8.49. The maximum Gasteiger partial charge on any atom is 0.323 e. The molecule has 0 aliphatic carbocycles. The molecule has 0 bridgehead atoms. The van der Waals surface area contributed by atoms with Gasteiger partial charge in [-0.25, -0.2) is 14.8 Å². The van der Waals surface area contributed by atoms with E-state index < -0.39 is 0 Å². The molecule has 0 spiro atoms. The highest BCUT2D eigenvalue weighted by Gasteiger charge is 2.13. The minimum absolute atomic E-state index is 0.331. The second-order valence-electron chi connectivity index (χ2n) is 6.01. The van der Waals surface area contributed by atoms with E-state index in [0.717, 1.165) is 29.5 Å². The van der Waals surface area contributed by atoms with Crippen molar-refractivity contribution in [3.05, 3.63) is 54.9 Å². The Hall–Kier alpha value is -3.19. The van der Waals surface area contributed by atoms with Crippen LogP contribution in [0.5, 0.6) is 0 Å². The first kappa shape index (κ1) is 16.3. The summed E-state index contributed by atoms with van der Waals surface area (Å²) < 4.78 is 5.32. The third-order valence-corrected chi connectivity index (χ3v) is 4.20. The highest BCUT2D eigenvalue weighted by atomic mass is 16.5. The number of anilines is 3. The van der Waals surface area contributed by atoms with Gasteiger partial charge in [-0.15, -0.1) is 0 Å². The summed E-state index contributed by atoms with van der Waals surface area (Å²) in [5.74, 6) is 0.647. The standard InChI is InChI=1S/C19H19N5O2/c25-19(22-16-6-5-14-3-1-2-4-15(14)11-16)23-17-12-20-18(21-13-17)24-7-9-26-10-8-24/h1-6,11-13H,7-10H2,(H2,22,23,25). The monoisotopic (exact) mass is 349 g/mol. The van der Waals surface area contributed by atoms with Crippen LogP contribution in [0.1, 0.15) is 0 Å². The Balaban J connectivity index is 1.39. The second-order valence-corrected chi connectivity index (χ2v) is 6.01. The maximum absolute atomic E-state index is 12.2. The van der Waals surface area contributed by atoms with E-state index in [4.69, 9.17) is 4.74 Å². The van der Waals surface area contributed by atoms with E-state index in [0.29, 0.717) is 24.8 Å². The molecular weight excluding hydrogens is 330 g/mol. The van der Waals surface area contributed by atoms with Crippen LogP contribution >= 0.6 is 0 Å². The Morgan fingerprint density at radius 3 is 2.38 bits per heavy atom. The minimum atomic E-state index is -0.331. The molecule has 1 aromatic heterocycles. The molecule has 2 N–H and O–H groups in total. The molecule has 2 aromatic carbocycles. The van der Waals surface area contributed by atoms with Crippen molar-refractivity contribution in [3.63, 3.8) is 0 Å². The van der Waals surface area contributed by atoms with Crippen LogP contribution in [0.4, 0.5) is 22.1 Å². The van der Waals surface area contributed by atoms with E-state index in [-0.39, 0.29) is 6.03 Å². The molecule has 7 heteroatoms. The van der Waals surface area contributed by atoms with E-state index in [9.17, 15) is 4.79 Å². The first-order chi connectivity index (χ1) is 12.8. The zero-order valence-electron chi connectivity index (χ0n) is 14.2. The summed E-state index contributed by atoms with van der Waals surface area (Å²) in [6.07, 6.45) is 3.22. The van der Waals surface area contributed by atoms with E-state index in [1.165, 1.54) is 0 Å². The fourth-order valence-corrected chi connectivity index (χ4v) is 2.87. The molecule has 1 aliphatic heterocycles. The van der Waals surface area contributed by atoms with Gasteiger partial charge in [0.25, 0.3) is 0 Å². The number of ether oxygens (including phenoxy) is 1. The number of rotatable bonds is 3. The van der Waals surface area contributed by atoms with Crippen LogP contribution in [0.15, 0.2) is 54.9 Å². The van der Waals surface area contributed by atoms with Crippen molar-refractivity contribution in [2.45, 2.75) is 0 Å². The summed E-state index contributed by atoms with van der Waals surface area (Å²) in [6, 6.07) is 13.5. The number of carbonyl (C=O) groups is 1. The molecule has 2 heterocycles. The quantitative estimate of drug-likeness (QED) is 0.759. The summed E-state index contributed by atoms with van der Waals surface area (Å²) in [5, 5.41) is 7.78. The molecule has 4 rings (SSSR count). The van der Waals surface area contributed by atoms with Crippen LogP contribution in [0.2, 0.25) is 0 Å². The molecule has 7 nitrogen and oxygen atoms in total. The van der Waals surface area contributed by atoms with Gasteiger partial charge in [-0.3, -0.25) is 0 Å². The van der Waals surface area contributed by atoms with Gasteiger partial charge in [-0.05, 0) is 22.9 Å². The average molecular weight is 349 g/mol. The zero-order chi connectivity index (χ0) is 17.8. The zero-order valence-corrected chi connectivity index (χ0v) is 14.2. The number of hydrogen-bond acceptors (Lipinski definition) is 5. The van der Waals surface area contributed by atoms with Gasteiger partial charge in [0.2, 0.25) is 5.95 Å². The second kappa shape index (κ2) is 7.37. The minimum Gasteiger partial charge on any atom is -0.378 e. The molecule has 132 valence electrons. The summed E-state index contributed by atoms with van der Waals surface area (Å²) in [5.41, 5.74) is 1.27. The van der Waals surface area contributed by atoms with E-state index in [1.54, 1.807) is 12.4 Å². The van der Waals surface area contributed by atoms with Gasteiger partial charge in [-0.2, -0.15) is 0 Å². The predicted molar refractivity (Wildman–Crippen MR) is 102 cm³/mol. The highest BCUT2D eigenvalue weighted by molar-refractivity contribution is 6.01. The summed E-state index contributed by atoms with van der Waals surface area (Å²) in [7, 11) is 0. The average Bonchev–Trinajstić information content (AvgIpc) is 2.69. The molecule has 2 amide bonds. The Morgan fingerprint density at radius 2 is 1.62 bits per heavy atom. The fourth-order valence-electron chi connectivity index (χ4n) is 2.87. The van der Waals surface area contributed by atoms with Crippen LogP contribution in [0.25, 0.3) is 10.8 Å². The van der Waals surface area contributed by atoms with Crippen molar-refractivity contribution < 1.29 is 9.53 Å². The molecule has 1 saturated heterocycles. The number of amides is 2. The highest BCUT2D eigenvalue weighted by Crippen LogP contribution is 2.19. The third kappa shape index (κ3) is 3.73. The number of nitrogens with zero attached hydrogens (tertiary/aromatic N) is 3. The fraction of sp³-hybridized carbons (Fsp3) is 0.211. The van der Waals surface area contributed by atoms with Crippen LogP contribution < -0.4 is 15.5 Å². The molecule has 0 radical (unpaired) electrons. The largest absolute Gasteiger partial charge is 0.378 e. The number of urea groups is 1. The molecule has 1 fully saturated rings. The molecule has 3 aromatic rings. The van der Waals surface area contributed by atoms with Crippen molar-refractivity contribution in [3.8, 4) is 0 Å². The van der Waals surface area contributed by atoms with Gasteiger partial charge in [0.15, 0.2) is 0 Å². The Bertz CT molecular complexity index is 907. The van der Waals surface area contributed by atoms with E-state index in [1.807, 2.05) is 42.5 Å². The molecule has 0 saturated carbocycles. The van der Waals surface area contributed by atoms with Crippen molar-refractivity contribution in [1.29, 1.82) is 0 Å². The Morgan fingerprint density at radius 1 is 0.923 bits per heavy atom. The maximum atomic E-state index is 12.2. The number of carbonyl (C=O) groups excluding carboxylic acids is 1. The van der Waals surface area contributed by atoms with Gasteiger partial charge in [0, 0.05) is 18.8 Å². The van der Waals surface area contributed by atoms with E-state index >= 15 is 0 Å². The summed E-state index contributed by atoms with van der Waals surface area (Å²) in [4.78, 5) is 22.9. The van der Waals surface area contributed by atoms with Crippen molar-refractivity contribution in [2.24, 2.45) is 0 Å². The molecule has 0 unspecified atom stereocenters. The third-order valence-electron chi connectivity index (χ3n) is 4.20. The van der Waals surface area contributed by atoms with Gasteiger partial charge in [0.05, 0.1) is 31.3 Å². The number of fused-ring (bicyclic) bond motifs is 1. The van der Waals surface area contributed by atoms with Crippen molar-refractivity contribution in [1.82, 2.24) is 9.97 Å². The SMILES string of the molecule is O=C(Nc1cnc(N2CCOCC2)nc1)Nc1ccc2ccccc2c1. The lowest BCUT2D eigenvalue weighted by Gasteiger charge is -2.26. The molecule has 0 atom stereocenters. The molecule has 1 aliphatic rings. The van der Waals surface area contributed by atoms with Crippen molar-refractivity contribution in [2.75, 3.05) is 41.8 Å². The smallest absolute Gasteiger partial charge is 0.323 e. The number of nitrogens with one attached hydrogen (secondary N) is 2. The summed E-state index contributed by atoms with van der Waals surface area (Å²) >= 11 is 0. The normalized spacial score (nSPS) is 14.2. The number of benzene rings is 2. The Labute approximate surface area is 151 Å². The summed E-state index contributed by atoms with van der Waals surface area (Å²) in [6.45, 7) is 2.90.